The second-order valence-electron chi connectivity index (χ2n) is 3.86. The molecule has 90 valence electrons. The van der Waals surface area contributed by atoms with Crippen LogP contribution >= 0.6 is 23.8 Å². The lowest BCUT2D eigenvalue weighted by molar-refractivity contribution is 0.297. The third kappa shape index (κ3) is 5.65. The number of halogens is 1. The van der Waals surface area contributed by atoms with Crippen molar-refractivity contribution in [1.29, 1.82) is 0 Å². The van der Waals surface area contributed by atoms with Crippen LogP contribution in [0.3, 0.4) is 0 Å². The van der Waals surface area contributed by atoms with E-state index in [-0.39, 0.29) is 5.28 Å². The van der Waals surface area contributed by atoms with Crippen LogP contribution < -0.4 is 0 Å². The lowest BCUT2D eigenvalue weighted by Crippen LogP contribution is -2.12. The van der Waals surface area contributed by atoms with Crippen molar-refractivity contribution in [3.63, 3.8) is 0 Å². The van der Waals surface area contributed by atoms with Gasteiger partial charge in [0.05, 0.1) is 31.1 Å². The molecule has 4 nitrogen and oxygen atoms in total. The first-order chi connectivity index (χ1) is 7.58. The van der Waals surface area contributed by atoms with E-state index < -0.39 is 0 Å². The monoisotopic (exact) mass is 261 g/mol. The Morgan fingerprint density at radius 1 is 1.56 bits per heavy atom. The van der Waals surface area contributed by atoms with Gasteiger partial charge in [-0.3, -0.25) is 0 Å². The Morgan fingerprint density at radius 2 is 2.31 bits per heavy atom. The fraction of sp³-hybridized carbons (Fsp3) is 0.600. The summed E-state index contributed by atoms with van der Waals surface area (Å²) in [6, 6.07) is 1.84. The lowest BCUT2D eigenvalue weighted by Gasteiger charge is -2.14. The molecular weight excluding hydrogens is 246 g/mol. The molecule has 0 radical (unpaired) electrons. The van der Waals surface area contributed by atoms with Crippen molar-refractivity contribution in [1.82, 2.24) is 14.3 Å². The van der Waals surface area contributed by atoms with Gasteiger partial charge in [-0.1, -0.05) is 13.8 Å². The number of rotatable bonds is 6. The summed E-state index contributed by atoms with van der Waals surface area (Å²) in [7, 11) is 1.95. The summed E-state index contributed by atoms with van der Waals surface area (Å²) in [5.41, 5.74) is 0.878. The molecule has 0 N–H and O–H groups in total. The summed E-state index contributed by atoms with van der Waals surface area (Å²) < 4.78 is 7.38. The van der Waals surface area contributed by atoms with Gasteiger partial charge < -0.3 is 4.18 Å². The fourth-order valence-corrected chi connectivity index (χ4v) is 1.83. The first-order valence-electron chi connectivity index (χ1n) is 5.06. The maximum absolute atomic E-state index is 5.70. The van der Waals surface area contributed by atoms with Gasteiger partial charge in [-0.15, -0.1) is 0 Å². The van der Waals surface area contributed by atoms with Gasteiger partial charge in [0, 0.05) is 13.2 Å². The quantitative estimate of drug-likeness (QED) is 0.447. The Hall–Kier alpha value is -0.360. The zero-order valence-corrected chi connectivity index (χ0v) is 11.3. The maximum atomic E-state index is 5.70. The van der Waals surface area contributed by atoms with Crippen molar-refractivity contribution in [2.45, 2.75) is 20.4 Å². The highest BCUT2D eigenvalue weighted by Crippen LogP contribution is 2.14. The minimum absolute atomic E-state index is 0.277. The van der Waals surface area contributed by atoms with Gasteiger partial charge in [-0.05, 0) is 23.6 Å². The smallest absolute Gasteiger partial charge is 0.222 e. The average Bonchev–Trinajstić information content (AvgIpc) is 2.16. The normalized spacial score (nSPS) is 11.4. The van der Waals surface area contributed by atoms with Gasteiger partial charge in [0.25, 0.3) is 0 Å². The van der Waals surface area contributed by atoms with Crippen molar-refractivity contribution in [2.24, 2.45) is 5.92 Å². The van der Waals surface area contributed by atoms with E-state index >= 15 is 0 Å². The summed E-state index contributed by atoms with van der Waals surface area (Å²) in [5.74, 6) is 0.536. The van der Waals surface area contributed by atoms with Crippen molar-refractivity contribution in [2.75, 3.05) is 13.7 Å². The SMILES string of the molecule is CC(C)COSN(C)Cc1ccnc(Cl)n1. The molecule has 0 aromatic carbocycles. The van der Waals surface area contributed by atoms with Gasteiger partial charge in [-0.2, -0.15) is 0 Å². The van der Waals surface area contributed by atoms with E-state index in [2.05, 4.69) is 23.8 Å². The first-order valence-corrected chi connectivity index (χ1v) is 6.13. The van der Waals surface area contributed by atoms with Crippen molar-refractivity contribution < 1.29 is 4.18 Å². The second-order valence-corrected chi connectivity index (χ2v) is 5.20. The largest absolute Gasteiger partial charge is 0.301 e. The van der Waals surface area contributed by atoms with E-state index in [9.17, 15) is 0 Å². The molecule has 0 saturated carbocycles. The second kappa shape index (κ2) is 7.06. The van der Waals surface area contributed by atoms with Crippen LogP contribution in [-0.2, 0) is 10.7 Å². The molecule has 0 amide bonds. The van der Waals surface area contributed by atoms with E-state index in [1.165, 1.54) is 12.2 Å². The van der Waals surface area contributed by atoms with E-state index in [4.69, 9.17) is 15.8 Å². The van der Waals surface area contributed by atoms with Gasteiger partial charge in [-0.25, -0.2) is 14.3 Å². The molecular formula is C10H16ClN3OS. The van der Waals surface area contributed by atoms with Crippen molar-refractivity contribution in [3.05, 3.63) is 23.2 Å². The number of hydrogen-bond acceptors (Lipinski definition) is 5. The van der Waals surface area contributed by atoms with Crippen LogP contribution in [0, 0.1) is 5.92 Å². The number of aromatic nitrogens is 2. The predicted octanol–water partition coefficient (Wildman–Crippen LogP) is 2.80. The van der Waals surface area contributed by atoms with Crippen LogP contribution in [0.2, 0.25) is 5.28 Å². The molecule has 1 aromatic rings. The van der Waals surface area contributed by atoms with Crippen LogP contribution in [0.5, 0.6) is 0 Å². The molecule has 0 aliphatic heterocycles. The van der Waals surface area contributed by atoms with Crippen LogP contribution in [0.15, 0.2) is 12.3 Å². The highest BCUT2D eigenvalue weighted by atomic mass is 35.5. The summed E-state index contributed by atoms with van der Waals surface area (Å²) in [6.45, 7) is 5.64. The van der Waals surface area contributed by atoms with Gasteiger partial charge >= 0.3 is 0 Å². The molecule has 1 heterocycles. The summed E-state index contributed by atoms with van der Waals surface area (Å²) >= 11 is 7.03. The molecule has 0 fully saturated rings. The Labute approximate surface area is 106 Å². The Bertz CT molecular complexity index is 325. The molecule has 0 aliphatic carbocycles. The standard InChI is InChI=1S/C10H16ClN3OS/c1-8(2)7-15-16-14(3)6-9-4-5-12-10(11)13-9/h4-5,8H,6-7H2,1-3H3. The van der Waals surface area contributed by atoms with Gasteiger partial charge in [0.15, 0.2) is 0 Å². The van der Waals surface area contributed by atoms with E-state index in [1.54, 1.807) is 6.20 Å². The molecule has 0 spiro atoms. The molecule has 1 rings (SSSR count). The molecule has 0 bridgehead atoms. The molecule has 1 aromatic heterocycles. The van der Waals surface area contributed by atoms with Crippen molar-refractivity contribution in [3.8, 4) is 0 Å². The minimum Gasteiger partial charge on any atom is -0.301 e. The summed E-state index contributed by atoms with van der Waals surface area (Å²) in [6.07, 6.45) is 1.65. The third-order valence-electron chi connectivity index (χ3n) is 1.65. The molecule has 0 aliphatic rings. The lowest BCUT2D eigenvalue weighted by atomic mass is 10.2. The average molecular weight is 262 g/mol. The van der Waals surface area contributed by atoms with Crippen LogP contribution in [-0.4, -0.2) is 27.9 Å². The predicted molar refractivity (Wildman–Crippen MR) is 66.9 cm³/mol. The number of nitrogens with zero attached hydrogens (tertiary/aromatic N) is 3. The maximum Gasteiger partial charge on any atom is 0.222 e. The zero-order chi connectivity index (χ0) is 12.0. The highest BCUT2D eigenvalue weighted by Gasteiger charge is 2.04. The van der Waals surface area contributed by atoms with E-state index in [0.29, 0.717) is 12.5 Å². The Balaban J connectivity index is 2.31. The molecule has 0 atom stereocenters. The van der Waals surface area contributed by atoms with Crippen LogP contribution in [0.4, 0.5) is 0 Å². The first kappa shape index (κ1) is 13.7. The van der Waals surface area contributed by atoms with E-state index in [0.717, 1.165) is 12.3 Å². The summed E-state index contributed by atoms with van der Waals surface area (Å²) in [5, 5.41) is 0.277. The molecule has 16 heavy (non-hydrogen) atoms. The molecule has 0 unspecified atom stereocenters. The summed E-state index contributed by atoms with van der Waals surface area (Å²) in [4.78, 5) is 7.93. The minimum atomic E-state index is 0.277. The molecule has 6 heteroatoms. The van der Waals surface area contributed by atoms with Crippen molar-refractivity contribution >= 4 is 23.8 Å². The van der Waals surface area contributed by atoms with Crippen LogP contribution in [0.1, 0.15) is 19.5 Å². The van der Waals surface area contributed by atoms with Gasteiger partial charge in [0.2, 0.25) is 5.28 Å². The Morgan fingerprint density at radius 3 is 2.94 bits per heavy atom. The number of hydrogen-bond donors (Lipinski definition) is 0. The fourth-order valence-electron chi connectivity index (χ4n) is 0.968. The third-order valence-corrected chi connectivity index (χ3v) is 2.46. The van der Waals surface area contributed by atoms with Gasteiger partial charge in [0.1, 0.15) is 0 Å². The molecule has 0 saturated heterocycles. The van der Waals surface area contributed by atoms with E-state index in [1.807, 2.05) is 17.4 Å². The highest BCUT2D eigenvalue weighted by molar-refractivity contribution is 7.92. The topological polar surface area (TPSA) is 38.2 Å². The Kier molecular flexibility index (Phi) is 6.05. The van der Waals surface area contributed by atoms with Crippen LogP contribution in [0.25, 0.3) is 0 Å². The zero-order valence-electron chi connectivity index (χ0n) is 9.68.